The molecular weight excluding hydrogens is 720 g/mol. The predicted octanol–water partition coefficient (Wildman–Crippen LogP) is 10.3. The van der Waals surface area contributed by atoms with E-state index in [1.54, 1.807) is 60.7 Å². The number of hydrogen-bond donors (Lipinski definition) is 3. The summed E-state index contributed by atoms with van der Waals surface area (Å²) in [5.74, 6) is -1.26. The van der Waals surface area contributed by atoms with Gasteiger partial charge in [-0.1, -0.05) is 108 Å². The van der Waals surface area contributed by atoms with E-state index < -0.39 is 17.1 Å². The highest BCUT2D eigenvalue weighted by molar-refractivity contribution is 8.00. The molecule has 3 amide bonds. The van der Waals surface area contributed by atoms with Crippen LogP contribution in [0.4, 0.5) is 10.8 Å². The minimum Gasteiger partial charge on any atom is -0.321 e. The number of carbonyl (C=O) groups excluding carboxylic acids is 3. The number of anilines is 2. The standard InChI is InChI=1S/C40H30Cl2N4O3S2/c1-25-15-17-26(18-16-25)35-24-50-40(45-35)46-39(49)36(27-9-4-2-5-10-27)51-30-21-19-29(20-22-30)43-38(48)34(23-31-32(41)13-8-14-33(31)42)44-37(47)28-11-6-3-7-12-28/h2-24,36H,1H3,(H,43,48)(H,44,47)(H,45,46,49)/b34-23-. The third-order valence-corrected chi connectivity index (χ3v) is 10.3. The molecule has 51 heavy (non-hydrogen) atoms. The van der Waals surface area contributed by atoms with Gasteiger partial charge in [0.2, 0.25) is 5.91 Å². The molecule has 0 aliphatic carbocycles. The maximum atomic E-state index is 13.7. The molecule has 0 fully saturated rings. The minimum absolute atomic E-state index is 0.0501. The molecule has 0 aliphatic rings. The van der Waals surface area contributed by atoms with E-state index >= 15 is 0 Å². The first-order chi connectivity index (χ1) is 24.7. The SMILES string of the molecule is Cc1ccc(-c2csc(NC(=O)C(Sc3ccc(NC(=O)/C(=C/c4c(Cl)cccc4Cl)NC(=O)c4ccccc4)cc3)c3ccccc3)n2)cc1. The highest BCUT2D eigenvalue weighted by Gasteiger charge is 2.24. The van der Waals surface area contributed by atoms with Crippen LogP contribution in [0.25, 0.3) is 17.3 Å². The van der Waals surface area contributed by atoms with Crippen LogP contribution in [0.15, 0.2) is 143 Å². The number of hydrogen-bond acceptors (Lipinski definition) is 6. The van der Waals surface area contributed by atoms with Crippen LogP contribution in [0.2, 0.25) is 10.0 Å². The Hall–Kier alpha value is -5.19. The van der Waals surface area contributed by atoms with Gasteiger partial charge in [-0.2, -0.15) is 0 Å². The van der Waals surface area contributed by atoms with E-state index in [1.807, 2.05) is 79.0 Å². The topological polar surface area (TPSA) is 100 Å². The summed E-state index contributed by atoms with van der Waals surface area (Å²) in [5.41, 5.74) is 4.95. The van der Waals surface area contributed by atoms with Gasteiger partial charge in [0.25, 0.3) is 11.8 Å². The van der Waals surface area contributed by atoms with E-state index in [0.29, 0.717) is 32.0 Å². The quantitative estimate of drug-likeness (QED) is 0.0905. The van der Waals surface area contributed by atoms with Gasteiger partial charge in [0.15, 0.2) is 5.13 Å². The van der Waals surface area contributed by atoms with Crippen molar-refractivity contribution in [1.29, 1.82) is 0 Å². The fourth-order valence-electron chi connectivity index (χ4n) is 4.95. The number of aromatic nitrogens is 1. The van der Waals surface area contributed by atoms with E-state index in [2.05, 4.69) is 20.9 Å². The fraction of sp³-hybridized carbons (Fsp3) is 0.0500. The summed E-state index contributed by atoms with van der Waals surface area (Å²) < 4.78 is 0. The van der Waals surface area contributed by atoms with Crippen molar-refractivity contribution in [1.82, 2.24) is 10.3 Å². The Morgan fingerprint density at radius 1 is 0.765 bits per heavy atom. The summed E-state index contributed by atoms with van der Waals surface area (Å²) in [7, 11) is 0. The molecule has 0 spiro atoms. The van der Waals surface area contributed by atoms with Gasteiger partial charge < -0.3 is 16.0 Å². The second-order valence-electron chi connectivity index (χ2n) is 11.3. The van der Waals surface area contributed by atoms with Gasteiger partial charge in [0.1, 0.15) is 10.9 Å². The second-order valence-corrected chi connectivity index (χ2v) is 14.1. The summed E-state index contributed by atoms with van der Waals surface area (Å²) >= 11 is 15.5. The number of thioether (sulfide) groups is 1. The van der Waals surface area contributed by atoms with Gasteiger partial charge in [-0.15, -0.1) is 23.1 Å². The van der Waals surface area contributed by atoms with Crippen molar-refractivity contribution >= 4 is 80.9 Å². The molecule has 0 saturated carbocycles. The van der Waals surface area contributed by atoms with E-state index in [9.17, 15) is 14.4 Å². The Morgan fingerprint density at radius 3 is 2.08 bits per heavy atom. The van der Waals surface area contributed by atoms with Crippen molar-refractivity contribution in [3.8, 4) is 11.3 Å². The Labute approximate surface area is 313 Å². The number of rotatable bonds is 11. The summed E-state index contributed by atoms with van der Waals surface area (Å²) in [6.45, 7) is 2.03. The van der Waals surface area contributed by atoms with Gasteiger partial charge in [-0.3, -0.25) is 14.4 Å². The number of nitrogens with one attached hydrogen (secondary N) is 3. The van der Waals surface area contributed by atoms with Crippen molar-refractivity contribution in [3.05, 3.63) is 171 Å². The molecule has 1 aromatic heterocycles. The van der Waals surface area contributed by atoms with Crippen LogP contribution >= 0.6 is 46.3 Å². The lowest BCUT2D eigenvalue weighted by molar-refractivity contribution is -0.116. The molecule has 1 atom stereocenters. The maximum absolute atomic E-state index is 13.7. The number of nitrogens with zero attached hydrogens (tertiary/aromatic N) is 1. The van der Waals surface area contributed by atoms with E-state index in [0.717, 1.165) is 27.3 Å². The van der Waals surface area contributed by atoms with E-state index in [-0.39, 0.29) is 11.6 Å². The Kier molecular flexibility index (Phi) is 11.7. The molecular formula is C40H30Cl2N4O3S2. The lowest BCUT2D eigenvalue weighted by atomic mass is 10.1. The number of halogens is 2. The first-order valence-corrected chi connectivity index (χ1v) is 18.2. The van der Waals surface area contributed by atoms with Crippen LogP contribution < -0.4 is 16.0 Å². The molecule has 254 valence electrons. The first-order valence-electron chi connectivity index (χ1n) is 15.7. The molecule has 6 aromatic rings. The molecule has 0 radical (unpaired) electrons. The molecule has 6 rings (SSSR count). The van der Waals surface area contributed by atoms with Gasteiger partial charge in [-0.05, 0) is 67.1 Å². The molecule has 1 heterocycles. The smallest absolute Gasteiger partial charge is 0.272 e. The van der Waals surface area contributed by atoms with Gasteiger partial charge in [-0.25, -0.2) is 4.98 Å². The zero-order valence-electron chi connectivity index (χ0n) is 27.1. The van der Waals surface area contributed by atoms with E-state index in [4.69, 9.17) is 23.2 Å². The molecule has 0 saturated heterocycles. The average molecular weight is 750 g/mol. The summed E-state index contributed by atoms with van der Waals surface area (Å²) in [6.07, 6.45) is 1.44. The van der Waals surface area contributed by atoms with Crippen molar-refractivity contribution in [2.24, 2.45) is 0 Å². The Bertz CT molecular complexity index is 2170. The van der Waals surface area contributed by atoms with Crippen LogP contribution in [0, 0.1) is 6.92 Å². The Balaban J connectivity index is 1.18. The van der Waals surface area contributed by atoms with Crippen molar-refractivity contribution in [2.45, 2.75) is 17.1 Å². The van der Waals surface area contributed by atoms with Crippen molar-refractivity contribution in [3.63, 3.8) is 0 Å². The number of benzene rings is 5. The summed E-state index contributed by atoms with van der Waals surface area (Å²) in [6, 6.07) is 38.2. The van der Waals surface area contributed by atoms with Crippen LogP contribution in [0.5, 0.6) is 0 Å². The predicted molar refractivity (Wildman–Crippen MR) is 209 cm³/mol. The lowest BCUT2D eigenvalue weighted by Crippen LogP contribution is -2.30. The summed E-state index contributed by atoms with van der Waals surface area (Å²) in [5, 5.41) is 11.0. The molecule has 5 aromatic carbocycles. The largest absolute Gasteiger partial charge is 0.321 e. The minimum atomic E-state index is -0.582. The van der Waals surface area contributed by atoms with Gasteiger partial charge >= 0.3 is 0 Å². The third kappa shape index (κ3) is 9.33. The zero-order valence-corrected chi connectivity index (χ0v) is 30.2. The summed E-state index contributed by atoms with van der Waals surface area (Å²) in [4.78, 5) is 45.8. The van der Waals surface area contributed by atoms with Crippen LogP contribution in [-0.2, 0) is 9.59 Å². The van der Waals surface area contributed by atoms with Crippen LogP contribution in [-0.4, -0.2) is 22.7 Å². The number of amides is 3. The van der Waals surface area contributed by atoms with Gasteiger partial charge in [0, 0.05) is 42.7 Å². The fourth-order valence-corrected chi connectivity index (χ4v) is 7.20. The molecule has 3 N–H and O–H groups in total. The number of aryl methyl sites for hydroxylation is 1. The average Bonchev–Trinajstić information content (AvgIpc) is 3.61. The first kappa shape index (κ1) is 35.6. The highest BCUT2D eigenvalue weighted by Crippen LogP contribution is 2.37. The van der Waals surface area contributed by atoms with Crippen LogP contribution in [0.1, 0.15) is 32.3 Å². The monoisotopic (exact) mass is 748 g/mol. The Morgan fingerprint density at radius 2 is 1.41 bits per heavy atom. The zero-order chi connectivity index (χ0) is 35.7. The van der Waals surface area contributed by atoms with Crippen LogP contribution in [0.3, 0.4) is 0 Å². The van der Waals surface area contributed by atoms with Crippen molar-refractivity contribution in [2.75, 3.05) is 10.6 Å². The highest BCUT2D eigenvalue weighted by atomic mass is 35.5. The van der Waals surface area contributed by atoms with Gasteiger partial charge in [0.05, 0.1) is 5.69 Å². The molecule has 0 aliphatic heterocycles. The molecule has 0 bridgehead atoms. The molecule has 1 unspecified atom stereocenters. The molecule has 11 heteroatoms. The number of carbonyl (C=O) groups is 3. The lowest BCUT2D eigenvalue weighted by Gasteiger charge is -2.17. The molecule has 7 nitrogen and oxygen atoms in total. The third-order valence-electron chi connectivity index (χ3n) is 7.61. The van der Waals surface area contributed by atoms with E-state index in [1.165, 1.54) is 29.2 Å². The van der Waals surface area contributed by atoms with Crippen molar-refractivity contribution < 1.29 is 14.4 Å². The number of thiazole rings is 1. The normalized spacial score (nSPS) is 11.8. The maximum Gasteiger partial charge on any atom is 0.272 e. The second kappa shape index (κ2) is 16.7.